The molecular weight excluding hydrogens is 325 g/mol. The normalized spacial score (nSPS) is 15.1. The average molecular weight is 348 g/mol. The summed E-state index contributed by atoms with van der Waals surface area (Å²) in [5.41, 5.74) is 0. The lowest BCUT2D eigenvalue weighted by molar-refractivity contribution is -0.146. The summed E-state index contributed by atoms with van der Waals surface area (Å²) in [6.45, 7) is 2.32. The van der Waals surface area contributed by atoms with Crippen LogP contribution in [0.1, 0.15) is 33.6 Å². The zero-order chi connectivity index (χ0) is 16.6. The fraction of sp³-hybridized carbons (Fsp3) is 0.533. The highest BCUT2D eigenvalue weighted by Crippen LogP contribution is 2.48. The van der Waals surface area contributed by atoms with E-state index in [-0.39, 0.29) is 0 Å². The Morgan fingerprint density at radius 2 is 1.86 bits per heavy atom. The molecule has 0 aliphatic carbocycles. The van der Waals surface area contributed by atoms with Gasteiger partial charge in [-0.25, -0.2) is 9.65 Å². The van der Waals surface area contributed by atoms with Crippen molar-refractivity contribution in [1.82, 2.24) is 5.09 Å². The molecule has 2 atom stereocenters. The maximum absolute atomic E-state index is 12.2. The van der Waals surface area contributed by atoms with Crippen molar-refractivity contribution in [3.63, 3.8) is 0 Å². The molecule has 0 spiro atoms. The van der Waals surface area contributed by atoms with Crippen LogP contribution in [0.25, 0.3) is 0 Å². The molecule has 22 heavy (non-hydrogen) atoms. The minimum absolute atomic E-state index is 0.333. The van der Waals surface area contributed by atoms with Crippen molar-refractivity contribution >= 4 is 24.1 Å². The molecule has 0 heterocycles. The summed E-state index contributed by atoms with van der Waals surface area (Å²) in [4.78, 5) is 11.9. The van der Waals surface area contributed by atoms with E-state index in [0.29, 0.717) is 18.3 Å². The number of carbonyl (C=O) groups is 1. The average Bonchev–Trinajstić information content (AvgIpc) is 2.48. The van der Waals surface area contributed by atoms with Gasteiger partial charge in [-0.3, -0.25) is 4.79 Å². The van der Waals surface area contributed by atoms with Gasteiger partial charge in [0, 0.05) is 11.2 Å². The number of nitrogens with one attached hydrogen (secondary N) is 1. The van der Waals surface area contributed by atoms with Crippen LogP contribution in [0.4, 0.5) is 0 Å². The van der Waals surface area contributed by atoms with Gasteiger partial charge in [0.1, 0.15) is 11.8 Å². The molecule has 0 unspecified atom stereocenters. The van der Waals surface area contributed by atoms with E-state index in [1.165, 1.54) is 0 Å². The first-order valence-electron chi connectivity index (χ1n) is 7.36. The second-order valence-corrected chi connectivity index (χ2v) is 7.78. The SMILES string of the molecule is CCC(CC)COC(=O)[C@H](C)N[P@@](=O)(Cl)Oc1ccccc1. The molecule has 0 fully saturated rings. The van der Waals surface area contributed by atoms with Crippen molar-refractivity contribution in [2.75, 3.05) is 6.61 Å². The molecule has 7 heteroatoms. The van der Waals surface area contributed by atoms with Crippen molar-refractivity contribution in [2.45, 2.75) is 39.7 Å². The van der Waals surface area contributed by atoms with E-state index in [1.807, 2.05) is 13.8 Å². The first-order valence-corrected chi connectivity index (χ1v) is 9.89. The van der Waals surface area contributed by atoms with Gasteiger partial charge in [-0.1, -0.05) is 44.9 Å². The highest BCUT2D eigenvalue weighted by atomic mass is 35.7. The van der Waals surface area contributed by atoms with Gasteiger partial charge in [0.15, 0.2) is 0 Å². The van der Waals surface area contributed by atoms with Crippen LogP contribution in [0.15, 0.2) is 30.3 Å². The van der Waals surface area contributed by atoms with E-state index in [9.17, 15) is 9.36 Å². The molecule has 0 amide bonds. The summed E-state index contributed by atoms with van der Waals surface area (Å²) >= 11 is 5.84. The third-order valence-corrected chi connectivity index (χ3v) is 4.92. The summed E-state index contributed by atoms with van der Waals surface area (Å²) in [7, 11) is 0. The predicted molar refractivity (Wildman–Crippen MR) is 88.2 cm³/mol. The number of carbonyl (C=O) groups excluding carboxylic acids is 1. The number of esters is 1. The Morgan fingerprint density at radius 1 is 1.27 bits per heavy atom. The molecule has 1 aromatic rings. The first kappa shape index (κ1) is 19.0. The highest BCUT2D eigenvalue weighted by molar-refractivity contribution is 7.84. The van der Waals surface area contributed by atoms with Gasteiger partial charge in [0.2, 0.25) is 0 Å². The van der Waals surface area contributed by atoms with E-state index >= 15 is 0 Å². The Hall–Kier alpha value is -1.03. The fourth-order valence-corrected chi connectivity index (χ4v) is 3.47. The number of rotatable bonds is 9. The number of hydrogen-bond acceptors (Lipinski definition) is 4. The van der Waals surface area contributed by atoms with E-state index < -0.39 is 18.9 Å². The molecule has 0 aliphatic heterocycles. The molecule has 1 rings (SSSR count). The molecule has 0 saturated heterocycles. The summed E-state index contributed by atoms with van der Waals surface area (Å²) in [5.74, 6) is 0.204. The summed E-state index contributed by atoms with van der Waals surface area (Å²) in [6.07, 6.45) is 1.88. The Balaban J connectivity index is 2.50. The number of halogens is 1. The Morgan fingerprint density at radius 3 is 2.41 bits per heavy atom. The topological polar surface area (TPSA) is 64.6 Å². The monoisotopic (exact) mass is 347 g/mol. The first-order chi connectivity index (χ1) is 10.4. The molecule has 1 aromatic carbocycles. The molecule has 0 aromatic heterocycles. The third kappa shape index (κ3) is 6.82. The number of benzene rings is 1. The van der Waals surface area contributed by atoms with Gasteiger partial charge < -0.3 is 9.26 Å². The molecular formula is C15H23ClNO4P. The maximum Gasteiger partial charge on any atom is 0.409 e. The lowest BCUT2D eigenvalue weighted by Gasteiger charge is -2.19. The van der Waals surface area contributed by atoms with Crippen molar-refractivity contribution in [2.24, 2.45) is 5.92 Å². The molecule has 1 N–H and O–H groups in total. The van der Waals surface area contributed by atoms with Crippen LogP contribution in [0, 0.1) is 5.92 Å². The minimum atomic E-state index is -3.66. The predicted octanol–water partition coefficient (Wildman–Crippen LogP) is 4.37. The van der Waals surface area contributed by atoms with E-state index in [0.717, 1.165) is 12.8 Å². The van der Waals surface area contributed by atoms with Crippen LogP contribution in [0.2, 0.25) is 0 Å². The number of hydrogen-bond donors (Lipinski definition) is 1. The van der Waals surface area contributed by atoms with Crippen molar-refractivity contribution < 1.29 is 18.6 Å². The van der Waals surface area contributed by atoms with E-state index in [2.05, 4.69) is 5.09 Å². The minimum Gasteiger partial charge on any atom is -0.464 e. The zero-order valence-electron chi connectivity index (χ0n) is 13.1. The fourth-order valence-electron chi connectivity index (χ4n) is 1.78. The third-order valence-electron chi connectivity index (χ3n) is 3.28. The standard InChI is InChI=1S/C15H23ClNO4P/c1-4-13(5-2)11-20-15(18)12(3)17-22(16,19)21-14-9-7-6-8-10-14/h6-10,12-13H,4-5,11H2,1-3H3,(H,17,19)/t12-,22+/m0/s1. The van der Waals surface area contributed by atoms with Gasteiger partial charge in [0.05, 0.1) is 6.61 Å². The van der Waals surface area contributed by atoms with Gasteiger partial charge >= 0.3 is 12.8 Å². The molecule has 0 saturated carbocycles. The largest absolute Gasteiger partial charge is 0.464 e. The van der Waals surface area contributed by atoms with Crippen molar-refractivity contribution in [3.05, 3.63) is 30.3 Å². The van der Waals surface area contributed by atoms with E-state index in [1.54, 1.807) is 37.3 Å². The zero-order valence-corrected chi connectivity index (χ0v) is 14.8. The van der Waals surface area contributed by atoms with Gasteiger partial charge in [-0.05, 0) is 25.0 Å². The molecule has 5 nitrogen and oxygen atoms in total. The van der Waals surface area contributed by atoms with Crippen LogP contribution in [0.5, 0.6) is 5.75 Å². The quantitative estimate of drug-likeness (QED) is 0.531. The van der Waals surface area contributed by atoms with Crippen LogP contribution in [-0.2, 0) is 14.1 Å². The number of para-hydroxylation sites is 1. The number of ether oxygens (including phenoxy) is 1. The van der Waals surface area contributed by atoms with Crippen LogP contribution in [0.3, 0.4) is 0 Å². The molecule has 124 valence electrons. The van der Waals surface area contributed by atoms with Crippen LogP contribution >= 0.6 is 18.1 Å². The Bertz CT molecular complexity index is 508. The van der Waals surface area contributed by atoms with Crippen LogP contribution < -0.4 is 9.61 Å². The summed E-state index contributed by atoms with van der Waals surface area (Å²) in [5, 5.41) is 2.49. The molecule has 0 radical (unpaired) electrons. The second kappa shape index (κ2) is 9.19. The lowest BCUT2D eigenvalue weighted by Crippen LogP contribution is -2.34. The summed E-state index contributed by atoms with van der Waals surface area (Å²) in [6, 6.07) is 7.72. The highest BCUT2D eigenvalue weighted by Gasteiger charge is 2.28. The molecule has 0 bridgehead atoms. The van der Waals surface area contributed by atoms with Gasteiger partial charge in [0.25, 0.3) is 0 Å². The van der Waals surface area contributed by atoms with Gasteiger partial charge in [-0.2, -0.15) is 0 Å². The molecule has 0 aliphatic rings. The lowest BCUT2D eigenvalue weighted by atomic mass is 10.1. The Labute approximate surface area is 136 Å². The van der Waals surface area contributed by atoms with Gasteiger partial charge in [-0.15, -0.1) is 0 Å². The second-order valence-electron chi connectivity index (χ2n) is 5.05. The van der Waals surface area contributed by atoms with Crippen molar-refractivity contribution in [3.8, 4) is 5.75 Å². The Kier molecular flexibility index (Phi) is 7.94. The summed E-state index contributed by atoms with van der Waals surface area (Å²) < 4.78 is 22.6. The maximum atomic E-state index is 12.2. The smallest absolute Gasteiger partial charge is 0.409 e. The van der Waals surface area contributed by atoms with Crippen LogP contribution in [-0.4, -0.2) is 18.6 Å². The van der Waals surface area contributed by atoms with E-state index in [4.69, 9.17) is 20.5 Å². The van der Waals surface area contributed by atoms with Crippen molar-refractivity contribution in [1.29, 1.82) is 0 Å².